The van der Waals surface area contributed by atoms with Gasteiger partial charge in [0.1, 0.15) is 5.75 Å². The van der Waals surface area contributed by atoms with Crippen molar-refractivity contribution in [2.24, 2.45) is 0 Å². The van der Waals surface area contributed by atoms with E-state index < -0.39 is 0 Å². The maximum Gasteiger partial charge on any atom is 0.221 e. The molecule has 0 atom stereocenters. The number of ether oxygens (including phenoxy) is 1. The molecule has 0 saturated carbocycles. The first-order valence-electron chi connectivity index (χ1n) is 7.80. The molecular formula is C17H21Cl2N3O2. The van der Waals surface area contributed by atoms with E-state index in [2.05, 4.69) is 10.4 Å². The van der Waals surface area contributed by atoms with Crippen LogP contribution in [-0.2, 0) is 17.8 Å². The maximum absolute atomic E-state index is 11.2. The molecule has 1 aromatic carbocycles. The predicted octanol–water partition coefficient (Wildman–Crippen LogP) is 4.76. The van der Waals surface area contributed by atoms with Crippen LogP contribution in [0.3, 0.4) is 0 Å². The summed E-state index contributed by atoms with van der Waals surface area (Å²) in [6.45, 7) is 7.91. The minimum absolute atomic E-state index is 0.0970. The second-order valence-corrected chi connectivity index (χ2v) is 6.61. The Morgan fingerprint density at radius 1 is 1.29 bits per heavy atom. The van der Waals surface area contributed by atoms with E-state index in [-0.39, 0.29) is 11.9 Å². The lowest BCUT2D eigenvalue weighted by atomic mass is 10.2. The van der Waals surface area contributed by atoms with Crippen LogP contribution in [0.15, 0.2) is 18.2 Å². The molecule has 1 heterocycles. The van der Waals surface area contributed by atoms with Gasteiger partial charge in [-0.25, -0.2) is 4.68 Å². The Morgan fingerprint density at radius 2 is 1.92 bits per heavy atom. The molecule has 0 aliphatic carbocycles. The highest BCUT2D eigenvalue weighted by atomic mass is 35.5. The molecule has 1 N–H and O–H groups in total. The summed E-state index contributed by atoms with van der Waals surface area (Å²) in [6, 6.07) is 5.17. The van der Waals surface area contributed by atoms with E-state index in [1.54, 1.807) is 18.2 Å². The maximum atomic E-state index is 11.2. The monoisotopic (exact) mass is 369 g/mol. The van der Waals surface area contributed by atoms with Crippen molar-refractivity contribution in [3.05, 3.63) is 39.5 Å². The number of nitrogens with zero attached hydrogens (tertiary/aromatic N) is 2. The number of aromatic nitrogens is 2. The standard InChI is InChI=1S/C17H21Cl2N3O2/c1-5-15-16(9-20-11(4)23)21-22(10(2)3)17(15)24-14-7-12(18)6-13(19)8-14/h6-8,10H,5,9H2,1-4H3,(H,20,23). The molecule has 7 heteroatoms. The number of carbonyl (C=O) groups excluding carboxylic acids is 1. The average Bonchev–Trinajstić information content (AvgIpc) is 2.81. The number of benzene rings is 1. The molecule has 2 aromatic rings. The highest BCUT2D eigenvalue weighted by molar-refractivity contribution is 6.34. The molecule has 0 bridgehead atoms. The number of amides is 1. The van der Waals surface area contributed by atoms with Crippen molar-refractivity contribution < 1.29 is 9.53 Å². The van der Waals surface area contributed by atoms with E-state index in [1.165, 1.54) is 6.92 Å². The van der Waals surface area contributed by atoms with Gasteiger partial charge in [0.05, 0.1) is 18.3 Å². The highest BCUT2D eigenvalue weighted by Crippen LogP contribution is 2.33. The lowest BCUT2D eigenvalue weighted by Crippen LogP contribution is -2.20. The molecule has 0 aliphatic rings. The summed E-state index contributed by atoms with van der Waals surface area (Å²) < 4.78 is 7.87. The SMILES string of the molecule is CCc1c(CNC(C)=O)nn(C(C)C)c1Oc1cc(Cl)cc(Cl)c1. The van der Waals surface area contributed by atoms with Crippen LogP contribution in [0.1, 0.15) is 45.0 Å². The molecule has 0 aliphatic heterocycles. The zero-order valence-corrected chi connectivity index (χ0v) is 15.7. The topological polar surface area (TPSA) is 56.2 Å². The number of carbonyl (C=O) groups is 1. The fourth-order valence-corrected chi connectivity index (χ4v) is 2.87. The molecule has 0 radical (unpaired) electrons. The summed E-state index contributed by atoms with van der Waals surface area (Å²) in [5.74, 6) is 1.10. The highest BCUT2D eigenvalue weighted by Gasteiger charge is 2.20. The van der Waals surface area contributed by atoms with Gasteiger partial charge in [0, 0.05) is 22.5 Å². The molecule has 1 aromatic heterocycles. The van der Waals surface area contributed by atoms with E-state index in [1.807, 2.05) is 25.5 Å². The largest absolute Gasteiger partial charge is 0.439 e. The van der Waals surface area contributed by atoms with E-state index in [4.69, 9.17) is 27.9 Å². The summed E-state index contributed by atoms with van der Waals surface area (Å²) in [5.41, 5.74) is 1.75. The van der Waals surface area contributed by atoms with Gasteiger partial charge in [0.2, 0.25) is 11.8 Å². The third-order valence-electron chi connectivity index (χ3n) is 3.44. The molecule has 2 rings (SSSR count). The Kier molecular flexibility index (Phi) is 6.13. The van der Waals surface area contributed by atoms with Crippen LogP contribution in [-0.4, -0.2) is 15.7 Å². The van der Waals surface area contributed by atoms with Gasteiger partial charge >= 0.3 is 0 Å². The molecule has 1 amide bonds. The normalized spacial score (nSPS) is 11.0. The lowest BCUT2D eigenvalue weighted by Gasteiger charge is -2.13. The third-order valence-corrected chi connectivity index (χ3v) is 3.88. The van der Waals surface area contributed by atoms with Crippen LogP contribution in [0.25, 0.3) is 0 Å². The Balaban J connectivity index is 2.43. The Bertz CT molecular complexity index is 721. The van der Waals surface area contributed by atoms with Crippen LogP contribution >= 0.6 is 23.2 Å². The Hall–Kier alpha value is -1.72. The van der Waals surface area contributed by atoms with Crippen LogP contribution in [0.4, 0.5) is 0 Å². The summed E-state index contributed by atoms with van der Waals surface area (Å²) in [6.07, 6.45) is 0.727. The van der Waals surface area contributed by atoms with Crippen LogP contribution in [0.2, 0.25) is 10.0 Å². The molecule has 130 valence electrons. The number of rotatable bonds is 6. The van der Waals surface area contributed by atoms with Crippen molar-refractivity contribution in [1.29, 1.82) is 0 Å². The summed E-state index contributed by atoms with van der Waals surface area (Å²) >= 11 is 12.1. The molecular weight excluding hydrogens is 349 g/mol. The minimum Gasteiger partial charge on any atom is -0.439 e. The third kappa shape index (κ3) is 4.42. The molecule has 0 unspecified atom stereocenters. The summed E-state index contributed by atoms with van der Waals surface area (Å²) in [7, 11) is 0. The van der Waals surface area contributed by atoms with Crippen molar-refractivity contribution in [3.8, 4) is 11.6 Å². The molecule has 0 saturated heterocycles. The van der Waals surface area contributed by atoms with Gasteiger partial charge in [-0.05, 0) is 38.5 Å². The molecule has 0 spiro atoms. The fraction of sp³-hybridized carbons (Fsp3) is 0.412. The quantitative estimate of drug-likeness (QED) is 0.798. The fourth-order valence-electron chi connectivity index (χ4n) is 2.36. The van der Waals surface area contributed by atoms with E-state index in [9.17, 15) is 4.79 Å². The van der Waals surface area contributed by atoms with Crippen molar-refractivity contribution in [2.75, 3.05) is 0 Å². The number of hydrogen-bond donors (Lipinski definition) is 1. The zero-order valence-electron chi connectivity index (χ0n) is 14.2. The Morgan fingerprint density at radius 3 is 2.42 bits per heavy atom. The van der Waals surface area contributed by atoms with Crippen molar-refractivity contribution in [1.82, 2.24) is 15.1 Å². The van der Waals surface area contributed by atoms with Gasteiger partial charge in [-0.15, -0.1) is 0 Å². The number of halogens is 2. The van der Waals surface area contributed by atoms with Gasteiger partial charge < -0.3 is 10.1 Å². The Labute approximate surface area is 151 Å². The predicted molar refractivity (Wildman–Crippen MR) is 96.0 cm³/mol. The number of nitrogens with one attached hydrogen (secondary N) is 1. The smallest absolute Gasteiger partial charge is 0.221 e. The van der Waals surface area contributed by atoms with E-state index >= 15 is 0 Å². The van der Waals surface area contributed by atoms with Gasteiger partial charge in [0.15, 0.2) is 0 Å². The first-order valence-corrected chi connectivity index (χ1v) is 8.56. The minimum atomic E-state index is -0.0970. The van der Waals surface area contributed by atoms with Crippen molar-refractivity contribution in [3.63, 3.8) is 0 Å². The summed E-state index contributed by atoms with van der Waals surface area (Å²) in [5, 5.41) is 8.40. The van der Waals surface area contributed by atoms with Crippen LogP contribution < -0.4 is 10.1 Å². The average molecular weight is 370 g/mol. The van der Waals surface area contributed by atoms with Gasteiger partial charge in [-0.1, -0.05) is 30.1 Å². The molecule has 24 heavy (non-hydrogen) atoms. The summed E-state index contributed by atoms with van der Waals surface area (Å²) in [4.78, 5) is 11.2. The zero-order chi connectivity index (χ0) is 17.9. The van der Waals surface area contributed by atoms with E-state index in [0.29, 0.717) is 28.2 Å². The second kappa shape index (κ2) is 7.90. The van der Waals surface area contributed by atoms with Gasteiger partial charge in [-0.2, -0.15) is 5.10 Å². The lowest BCUT2D eigenvalue weighted by molar-refractivity contribution is -0.119. The first-order chi connectivity index (χ1) is 11.3. The molecule has 5 nitrogen and oxygen atoms in total. The van der Waals surface area contributed by atoms with Crippen molar-refractivity contribution in [2.45, 2.75) is 46.7 Å². The van der Waals surface area contributed by atoms with Crippen molar-refractivity contribution >= 4 is 29.1 Å². The molecule has 0 fully saturated rings. The van der Waals surface area contributed by atoms with Crippen LogP contribution in [0, 0.1) is 0 Å². The number of hydrogen-bond acceptors (Lipinski definition) is 3. The van der Waals surface area contributed by atoms with Gasteiger partial charge in [-0.3, -0.25) is 4.79 Å². The van der Waals surface area contributed by atoms with Gasteiger partial charge in [0.25, 0.3) is 0 Å². The van der Waals surface area contributed by atoms with Crippen LogP contribution in [0.5, 0.6) is 11.6 Å². The van der Waals surface area contributed by atoms with E-state index in [0.717, 1.165) is 17.7 Å². The first kappa shape index (κ1) is 18.6. The second-order valence-electron chi connectivity index (χ2n) is 5.74.